The van der Waals surface area contributed by atoms with Gasteiger partial charge in [-0.3, -0.25) is 4.79 Å². The van der Waals surface area contributed by atoms with E-state index in [1.807, 2.05) is 13.0 Å². The van der Waals surface area contributed by atoms with Crippen molar-refractivity contribution in [2.75, 3.05) is 5.32 Å². The summed E-state index contributed by atoms with van der Waals surface area (Å²) in [5, 5.41) is 20.0. The number of nitrogens with one attached hydrogen (secondary N) is 1. The fraction of sp³-hybridized carbons (Fsp3) is 0.200. The number of nitriles is 1. The quantitative estimate of drug-likeness (QED) is 0.944. The molecule has 6 heteroatoms. The van der Waals surface area contributed by atoms with E-state index in [-0.39, 0.29) is 5.91 Å². The van der Waals surface area contributed by atoms with E-state index in [0.717, 1.165) is 0 Å². The van der Waals surface area contributed by atoms with Crippen molar-refractivity contribution in [3.05, 3.63) is 51.8 Å². The van der Waals surface area contributed by atoms with Gasteiger partial charge in [-0.25, -0.2) is 0 Å². The monoisotopic (exact) mass is 300 g/mol. The lowest BCUT2D eigenvalue weighted by molar-refractivity contribution is 0.102. The molecule has 0 bridgehead atoms. The van der Waals surface area contributed by atoms with E-state index in [1.54, 1.807) is 25.1 Å². The molecule has 0 aliphatic rings. The summed E-state index contributed by atoms with van der Waals surface area (Å²) >= 11 is 6.04. The molecule has 2 aromatic rings. The summed E-state index contributed by atoms with van der Waals surface area (Å²) in [6.45, 7) is 3.67. The fourth-order valence-electron chi connectivity index (χ4n) is 1.85. The molecule has 1 aromatic heterocycles. The summed E-state index contributed by atoms with van der Waals surface area (Å²) in [4.78, 5) is 12.4. The number of hydrogen-bond acceptors (Lipinski definition) is 4. The summed E-state index contributed by atoms with van der Waals surface area (Å²) in [5.74, 6) is -0.318. The number of carbonyl (C=O) groups excluding carboxylic acids is 1. The van der Waals surface area contributed by atoms with Crippen LogP contribution in [-0.2, 0) is 6.42 Å². The Morgan fingerprint density at radius 2 is 2.14 bits per heavy atom. The molecular weight excluding hydrogens is 288 g/mol. The average molecular weight is 301 g/mol. The van der Waals surface area contributed by atoms with Crippen LogP contribution in [-0.4, -0.2) is 16.1 Å². The number of benzene rings is 1. The summed E-state index contributed by atoms with van der Waals surface area (Å²) in [7, 11) is 0. The van der Waals surface area contributed by atoms with Crippen LogP contribution in [0.2, 0.25) is 5.02 Å². The molecular formula is C15H13ClN4O. The van der Waals surface area contributed by atoms with Gasteiger partial charge in [-0.15, -0.1) is 0 Å². The second kappa shape index (κ2) is 6.33. The lowest BCUT2D eigenvalue weighted by Crippen LogP contribution is -2.16. The molecule has 1 heterocycles. The van der Waals surface area contributed by atoms with Gasteiger partial charge in [0.05, 0.1) is 39.3 Å². The molecule has 0 unspecified atom stereocenters. The molecule has 0 saturated carbocycles. The first-order valence-electron chi connectivity index (χ1n) is 6.39. The molecule has 21 heavy (non-hydrogen) atoms. The van der Waals surface area contributed by atoms with Crippen molar-refractivity contribution in [3.63, 3.8) is 0 Å². The predicted octanol–water partition coefficient (Wildman–Crippen LogP) is 3.12. The Labute approximate surface area is 127 Å². The highest BCUT2D eigenvalue weighted by atomic mass is 35.5. The second-order valence-corrected chi connectivity index (χ2v) is 4.87. The summed E-state index contributed by atoms with van der Waals surface area (Å²) in [6.07, 6.45) is 0.599. The molecule has 5 nitrogen and oxygen atoms in total. The number of aryl methyl sites for hydroxylation is 2. The van der Waals surface area contributed by atoms with E-state index >= 15 is 0 Å². The number of amides is 1. The topological polar surface area (TPSA) is 78.7 Å². The minimum atomic E-state index is -0.318. The van der Waals surface area contributed by atoms with Crippen LogP contribution in [0.15, 0.2) is 24.3 Å². The van der Waals surface area contributed by atoms with Gasteiger partial charge in [-0.1, -0.05) is 18.5 Å². The number of nitrogens with zero attached hydrogens (tertiary/aromatic N) is 3. The highest BCUT2D eigenvalue weighted by Gasteiger charge is 2.14. The van der Waals surface area contributed by atoms with Crippen molar-refractivity contribution in [1.29, 1.82) is 5.26 Å². The van der Waals surface area contributed by atoms with Crippen molar-refractivity contribution < 1.29 is 4.79 Å². The Bertz CT molecular complexity index is 737. The molecule has 1 aromatic carbocycles. The molecule has 0 aliphatic heterocycles. The number of carbonyl (C=O) groups is 1. The number of aromatic nitrogens is 2. The van der Waals surface area contributed by atoms with Gasteiger partial charge in [0.15, 0.2) is 0 Å². The van der Waals surface area contributed by atoms with Crippen LogP contribution in [0.4, 0.5) is 5.69 Å². The Morgan fingerprint density at radius 3 is 2.81 bits per heavy atom. The van der Waals surface area contributed by atoms with Gasteiger partial charge in [0.2, 0.25) is 0 Å². The minimum Gasteiger partial charge on any atom is -0.321 e. The number of halogens is 1. The average Bonchev–Trinajstić information content (AvgIpc) is 2.49. The molecule has 1 amide bonds. The van der Waals surface area contributed by atoms with Gasteiger partial charge in [0.1, 0.15) is 0 Å². The van der Waals surface area contributed by atoms with E-state index in [4.69, 9.17) is 16.9 Å². The zero-order valence-corrected chi connectivity index (χ0v) is 12.4. The number of rotatable bonds is 3. The standard InChI is InChI=1S/C15H13ClN4O/c1-3-13-11(6-9(2)19-20-13)15(21)18-14-7-10(8-17)4-5-12(14)16/h4-7H,3H2,1-2H3,(H,18,21). The molecule has 1 N–H and O–H groups in total. The Hall–Kier alpha value is -2.45. The second-order valence-electron chi connectivity index (χ2n) is 4.46. The smallest absolute Gasteiger partial charge is 0.257 e. The van der Waals surface area contributed by atoms with Crippen molar-refractivity contribution in [2.24, 2.45) is 0 Å². The van der Waals surface area contributed by atoms with Crippen molar-refractivity contribution in [2.45, 2.75) is 20.3 Å². The first-order valence-corrected chi connectivity index (χ1v) is 6.77. The predicted molar refractivity (Wildman–Crippen MR) is 80.3 cm³/mol. The molecule has 106 valence electrons. The molecule has 0 saturated heterocycles. The van der Waals surface area contributed by atoms with E-state index in [0.29, 0.717) is 39.6 Å². The fourth-order valence-corrected chi connectivity index (χ4v) is 2.02. The molecule has 0 radical (unpaired) electrons. The van der Waals surface area contributed by atoms with Gasteiger partial charge in [-0.2, -0.15) is 15.5 Å². The minimum absolute atomic E-state index is 0.318. The Morgan fingerprint density at radius 1 is 1.38 bits per heavy atom. The maximum atomic E-state index is 12.4. The third-order valence-corrected chi connectivity index (χ3v) is 3.25. The van der Waals surface area contributed by atoms with Gasteiger partial charge >= 0.3 is 0 Å². The first kappa shape index (κ1) is 14.9. The van der Waals surface area contributed by atoms with Gasteiger partial charge in [-0.05, 0) is 37.6 Å². The summed E-state index contributed by atoms with van der Waals surface area (Å²) < 4.78 is 0. The van der Waals surface area contributed by atoms with E-state index in [9.17, 15) is 4.79 Å². The van der Waals surface area contributed by atoms with Gasteiger partial charge < -0.3 is 5.32 Å². The summed E-state index contributed by atoms with van der Waals surface area (Å²) in [5.41, 5.74) is 2.56. The summed E-state index contributed by atoms with van der Waals surface area (Å²) in [6, 6.07) is 8.39. The lowest BCUT2D eigenvalue weighted by Gasteiger charge is -2.10. The van der Waals surface area contributed by atoms with Crippen molar-refractivity contribution in [3.8, 4) is 6.07 Å². The van der Waals surface area contributed by atoms with Crippen LogP contribution in [0.5, 0.6) is 0 Å². The molecule has 0 aliphatic carbocycles. The first-order chi connectivity index (χ1) is 10.0. The van der Waals surface area contributed by atoms with E-state index < -0.39 is 0 Å². The van der Waals surface area contributed by atoms with Crippen LogP contribution >= 0.6 is 11.6 Å². The largest absolute Gasteiger partial charge is 0.321 e. The zero-order chi connectivity index (χ0) is 15.4. The van der Waals surface area contributed by atoms with Crippen LogP contribution < -0.4 is 5.32 Å². The highest BCUT2D eigenvalue weighted by Crippen LogP contribution is 2.23. The SMILES string of the molecule is CCc1nnc(C)cc1C(=O)Nc1cc(C#N)ccc1Cl. The number of hydrogen-bond donors (Lipinski definition) is 1. The Balaban J connectivity index is 2.35. The maximum Gasteiger partial charge on any atom is 0.257 e. The third-order valence-electron chi connectivity index (χ3n) is 2.92. The van der Waals surface area contributed by atoms with Crippen LogP contribution in [0, 0.1) is 18.3 Å². The van der Waals surface area contributed by atoms with E-state index in [1.165, 1.54) is 6.07 Å². The van der Waals surface area contributed by atoms with Crippen LogP contribution in [0.1, 0.15) is 34.2 Å². The third kappa shape index (κ3) is 3.36. The normalized spacial score (nSPS) is 10.0. The van der Waals surface area contributed by atoms with Crippen LogP contribution in [0.25, 0.3) is 0 Å². The number of anilines is 1. The van der Waals surface area contributed by atoms with E-state index in [2.05, 4.69) is 15.5 Å². The molecule has 2 rings (SSSR count). The van der Waals surface area contributed by atoms with Gasteiger partial charge in [0.25, 0.3) is 5.91 Å². The zero-order valence-electron chi connectivity index (χ0n) is 11.6. The van der Waals surface area contributed by atoms with Crippen molar-refractivity contribution in [1.82, 2.24) is 10.2 Å². The highest BCUT2D eigenvalue weighted by molar-refractivity contribution is 6.34. The molecule has 0 fully saturated rings. The maximum absolute atomic E-state index is 12.4. The van der Waals surface area contributed by atoms with Crippen LogP contribution in [0.3, 0.4) is 0 Å². The van der Waals surface area contributed by atoms with Crippen molar-refractivity contribution >= 4 is 23.2 Å². The van der Waals surface area contributed by atoms with Gasteiger partial charge in [0, 0.05) is 0 Å². The molecule has 0 spiro atoms. The molecule has 0 atom stereocenters. The lowest BCUT2D eigenvalue weighted by atomic mass is 10.1. The Kier molecular flexibility index (Phi) is 4.51.